The summed E-state index contributed by atoms with van der Waals surface area (Å²) in [5, 5.41) is 6.27. The zero-order chi connectivity index (χ0) is 14.8. The number of fused-ring (bicyclic) bond motifs is 1. The van der Waals surface area contributed by atoms with Gasteiger partial charge in [-0.1, -0.05) is 24.3 Å². The summed E-state index contributed by atoms with van der Waals surface area (Å²) >= 11 is 0. The molecular weight excluding hydrogens is 262 g/mol. The fourth-order valence-corrected chi connectivity index (χ4v) is 2.68. The van der Waals surface area contributed by atoms with Crippen molar-refractivity contribution in [2.45, 2.75) is 32.9 Å². The highest BCUT2D eigenvalue weighted by Gasteiger charge is 2.24. The summed E-state index contributed by atoms with van der Waals surface area (Å²) in [5.74, 6) is -0.00161. The fourth-order valence-electron chi connectivity index (χ4n) is 2.68. The van der Waals surface area contributed by atoms with E-state index in [9.17, 15) is 4.79 Å². The molecule has 4 heteroatoms. The van der Waals surface area contributed by atoms with Gasteiger partial charge in [-0.15, -0.1) is 0 Å². The fraction of sp³-hybridized carbons (Fsp3) is 0.294. The molecule has 1 amide bonds. The summed E-state index contributed by atoms with van der Waals surface area (Å²) in [7, 11) is 0. The van der Waals surface area contributed by atoms with Crippen LogP contribution in [0, 0.1) is 13.8 Å². The van der Waals surface area contributed by atoms with Gasteiger partial charge in [0.25, 0.3) is 0 Å². The monoisotopic (exact) mass is 281 g/mol. The maximum Gasteiger partial charge on any atom is 0.241 e. The van der Waals surface area contributed by atoms with E-state index in [0.29, 0.717) is 0 Å². The van der Waals surface area contributed by atoms with Crippen molar-refractivity contribution in [3.8, 4) is 0 Å². The van der Waals surface area contributed by atoms with Gasteiger partial charge in [0, 0.05) is 12.2 Å². The lowest BCUT2D eigenvalue weighted by Gasteiger charge is -2.25. The van der Waals surface area contributed by atoms with E-state index in [4.69, 9.17) is 0 Å². The van der Waals surface area contributed by atoms with Crippen LogP contribution in [0.5, 0.6) is 0 Å². The number of hydrogen-bond donors (Lipinski definition) is 2. The minimum Gasteiger partial charge on any atom is -0.323 e. The molecule has 0 unspecified atom stereocenters. The van der Waals surface area contributed by atoms with Crippen molar-refractivity contribution in [3.63, 3.8) is 0 Å². The second kappa shape index (κ2) is 5.66. The molecule has 108 valence electrons. The van der Waals surface area contributed by atoms with E-state index >= 15 is 0 Å². The first-order valence-electron chi connectivity index (χ1n) is 7.19. The molecule has 2 N–H and O–H groups in total. The molecule has 1 aliphatic rings. The summed E-state index contributed by atoms with van der Waals surface area (Å²) in [6.07, 6.45) is 0.723. The Morgan fingerprint density at radius 3 is 2.71 bits per heavy atom. The summed E-state index contributed by atoms with van der Waals surface area (Å²) in [4.78, 5) is 16.8. The smallest absolute Gasteiger partial charge is 0.241 e. The van der Waals surface area contributed by atoms with Gasteiger partial charge < -0.3 is 10.6 Å². The van der Waals surface area contributed by atoms with E-state index < -0.39 is 0 Å². The maximum atomic E-state index is 12.4. The van der Waals surface area contributed by atoms with Crippen molar-refractivity contribution < 1.29 is 4.79 Å². The number of amides is 1. The highest BCUT2D eigenvalue weighted by molar-refractivity contribution is 5.95. The number of pyridine rings is 1. The van der Waals surface area contributed by atoms with Gasteiger partial charge in [0.15, 0.2) is 0 Å². The van der Waals surface area contributed by atoms with Crippen LogP contribution in [-0.4, -0.2) is 16.9 Å². The lowest BCUT2D eigenvalue weighted by atomic mass is 9.95. The van der Waals surface area contributed by atoms with Crippen LogP contribution in [0.4, 0.5) is 5.69 Å². The molecule has 0 fully saturated rings. The quantitative estimate of drug-likeness (QED) is 0.888. The van der Waals surface area contributed by atoms with Crippen molar-refractivity contribution in [2.75, 3.05) is 5.32 Å². The predicted molar refractivity (Wildman–Crippen MR) is 83.1 cm³/mol. The second-order valence-electron chi connectivity index (χ2n) is 5.48. The van der Waals surface area contributed by atoms with E-state index in [1.54, 1.807) is 0 Å². The average Bonchev–Trinajstić information content (AvgIpc) is 2.49. The number of benzene rings is 1. The lowest BCUT2D eigenvalue weighted by Crippen LogP contribution is -2.44. The Morgan fingerprint density at radius 1 is 1.19 bits per heavy atom. The molecule has 1 aliphatic heterocycles. The van der Waals surface area contributed by atoms with Gasteiger partial charge in [0.1, 0.15) is 0 Å². The van der Waals surface area contributed by atoms with Crippen LogP contribution in [0.3, 0.4) is 0 Å². The third-order valence-electron chi connectivity index (χ3n) is 3.88. The molecule has 1 aromatic carbocycles. The SMILES string of the molecule is Cc1ccc(NC(=O)[C@H]2Cc3ccccc3CN2)c(C)n1. The summed E-state index contributed by atoms with van der Waals surface area (Å²) < 4.78 is 0. The Hall–Kier alpha value is -2.20. The van der Waals surface area contributed by atoms with Crippen molar-refractivity contribution >= 4 is 11.6 Å². The number of nitrogens with one attached hydrogen (secondary N) is 2. The molecule has 1 aromatic heterocycles. The molecule has 2 aromatic rings. The number of anilines is 1. The number of rotatable bonds is 2. The third kappa shape index (κ3) is 2.95. The Morgan fingerprint density at radius 2 is 1.95 bits per heavy atom. The topological polar surface area (TPSA) is 54.0 Å². The highest BCUT2D eigenvalue weighted by Crippen LogP contribution is 2.18. The molecule has 3 rings (SSSR count). The van der Waals surface area contributed by atoms with E-state index in [1.165, 1.54) is 11.1 Å². The van der Waals surface area contributed by atoms with Crippen molar-refractivity contribution in [2.24, 2.45) is 0 Å². The number of carbonyl (C=O) groups is 1. The number of hydrogen-bond acceptors (Lipinski definition) is 3. The van der Waals surface area contributed by atoms with Crippen molar-refractivity contribution in [1.82, 2.24) is 10.3 Å². The Kier molecular flexibility index (Phi) is 3.71. The van der Waals surface area contributed by atoms with Gasteiger partial charge in [-0.2, -0.15) is 0 Å². The van der Waals surface area contributed by atoms with Crippen molar-refractivity contribution in [1.29, 1.82) is 0 Å². The molecule has 4 nitrogen and oxygen atoms in total. The Bertz CT molecular complexity index is 681. The van der Waals surface area contributed by atoms with Crippen LogP contribution >= 0.6 is 0 Å². The lowest BCUT2D eigenvalue weighted by molar-refractivity contribution is -0.118. The van der Waals surface area contributed by atoms with Gasteiger partial charge >= 0.3 is 0 Å². The van der Waals surface area contributed by atoms with Crippen molar-refractivity contribution in [3.05, 3.63) is 58.9 Å². The largest absolute Gasteiger partial charge is 0.323 e. The van der Waals surface area contributed by atoms with Crippen LogP contribution in [0.25, 0.3) is 0 Å². The standard InChI is InChI=1S/C17H19N3O/c1-11-7-8-15(12(2)19-11)20-17(21)16-9-13-5-3-4-6-14(13)10-18-16/h3-8,16,18H,9-10H2,1-2H3,(H,20,21)/t16-/m1/s1. The summed E-state index contributed by atoms with van der Waals surface area (Å²) in [6, 6.07) is 11.9. The molecule has 2 heterocycles. The molecule has 0 saturated heterocycles. The summed E-state index contributed by atoms with van der Waals surface area (Å²) in [5.41, 5.74) is 5.10. The summed E-state index contributed by atoms with van der Waals surface area (Å²) in [6.45, 7) is 4.59. The predicted octanol–water partition coefficient (Wildman–Crippen LogP) is 2.35. The molecule has 0 spiro atoms. The number of carbonyl (C=O) groups excluding carboxylic acids is 1. The van der Waals surface area contributed by atoms with E-state index in [0.717, 1.165) is 30.0 Å². The number of aryl methyl sites for hydroxylation is 2. The van der Waals surface area contributed by atoms with Gasteiger partial charge in [-0.3, -0.25) is 9.78 Å². The van der Waals surface area contributed by atoms with E-state index in [1.807, 2.05) is 38.1 Å². The van der Waals surface area contributed by atoms with E-state index in [2.05, 4.69) is 27.8 Å². The first-order valence-corrected chi connectivity index (χ1v) is 7.19. The number of nitrogens with zero attached hydrogens (tertiary/aromatic N) is 1. The molecule has 0 bridgehead atoms. The van der Waals surface area contributed by atoms with E-state index in [-0.39, 0.29) is 11.9 Å². The molecule has 21 heavy (non-hydrogen) atoms. The molecular formula is C17H19N3O. The van der Waals surface area contributed by atoms with Crippen LogP contribution < -0.4 is 10.6 Å². The minimum absolute atomic E-state index is 0.00161. The van der Waals surface area contributed by atoms with Crippen LogP contribution in [0.2, 0.25) is 0 Å². The van der Waals surface area contributed by atoms with Gasteiger partial charge in [-0.25, -0.2) is 0 Å². The molecule has 0 saturated carbocycles. The van der Waals surface area contributed by atoms with Gasteiger partial charge in [0.05, 0.1) is 17.4 Å². The van der Waals surface area contributed by atoms with Gasteiger partial charge in [0.2, 0.25) is 5.91 Å². The average molecular weight is 281 g/mol. The normalized spacial score (nSPS) is 17.1. The first kappa shape index (κ1) is 13.8. The van der Waals surface area contributed by atoms with Crippen LogP contribution in [0.15, 0.2) is 36.4 Å². The number of aromatic nitrogens is 1. The zero-order valence-corrected chi connectivity index (χ0v) is 12.3. The van der Waals surface area contributed by atoms with Gasteiger partial charge in [-0.05, 0) is 43.5 Å². The molecule has 0 radical (unpaired) electrons. The maximum absolute atomic E-state index is 12.4. The molecule has 0 aliphatic carbocycles. The van der Waals surface area contributed by atoms with Crippen LogP contribution in [0.1, 0.15) is 22.5 Å². The second-order valence-corrected chi connectivity index (χ2v) is 5.48. The molecule has 1 atom stereocenters. The Labute approximate surface area is 124 Å². The van der Waals surface area contributed by atoms with Crippen LogP contribution in [-0.2, 0) is 17.8 Å². The zero-order valence-electron chi connectivity index (χ0n) is 12.3. The Balaban J connectivity index is 1.72. The minimum atomic E-state index is -0.194. The highest BCUT2D eigenvalue weighted by atomic mass is 16.2. The first-order chi connectivity index (χ1) is 10.1. The third-order valence-corrected chi connectivity index (χ3v) is 3.88.